The minimum absolute atomic E-state index is 0.0900. The second kappa shape index (κ2) is 14.5. The van der Waals surface area contributed by atoms with Crippen molar-refractivity contribution >= 4 is 11.9 Å². The summed E-state index contributed by atoms with van der Waals surface area (Å²) in [7, 11) is 0. The number of ether oxygens (including phenoxy) is 2. The Bertz CT molecular complexity index is 312. The fourth-order valence-corrected chi connectivity index (χ4v) is 2.36. The van der Waals surface area contributed by atoms with Crippen molar-refractivity contribution in [2.24, 2.45) is 5.92 Å². The Morgan fingerprint density at radius 1 is 0.783 bits per heavy atom. The van der Waals surface area contributed by atoms with E-state index in [1.165, 1.54) is 5.92 Å². The van der Waals surface area contributed by atoms with Gasteiger partial charge in [-0.2, -0.15) is 0 Å². The van der Waals surface area contributed by atoms with Crippen LogP contribution in [0.1, 0.15) is 85.5 Å². The molecule has 0 amide bonds. The van der Waals surface area contributed by atoms with E-state index >= 15 is 0 Å². The molecule has 0 bridgehead atoms. The average molecular weight is 327 g/mol. The first-order valence-corrected chi connectivity index (χ1v) is 9.12. The molecule has 1 unspecified atom stereocenters. The van der Waals surface area contributed by atoms with Gasteiger partial charge in [-0.1, -0.05) is 40.5 Å². The van der Waals surface area contributed by atoms with Crippen LogP contribution in [0.15, 0.2) is 0 Å². The third kappa shape index (κ3) is 13.1. The molecule has 1 atom stereocenters. The van der Waals surface area contributed by atoms with Gasteiger partial charge in [0.05, 0.1) is 13.2 Å². The summed E-state index contributed by atoms with van der Waals surface area (Å²) in [6.45, 7) is 9.35. The van der Waals surface area contributed by atoms with E-state index in [2.05, 4.69) is 20.8 Å². The van der Waals surface area contributed by atoms with Crippen molar-refractivity contribution in [2.45, 2.75) is 85.5 Å². The summed E-state index contributed by atoms with van der Waals surface area (Å²) >= 11 is 0. The Kier molecular flexibility index (Phi) is 13.9. The van der Waals surface area contributed by atoms with Crippen LogP contribution < -0.4 is 0 Å². The molecule has 135 valence electrons. The normalized spacial score (nSPS) is 12.2. The third-order valence-electron chi connectivity index (χ3n) is 3.93. The zero-order chi connectivity index (χ0) is 17.5. The van der Waals surface area contributed by atoms with E-state index in [0.717, 1.165) is 44.9 Å². The van der Waals surface area contributed by atoms with Gasteiger partial charge in [0.25, 0.3) is 0 Å². The molecule has 4 heteroatoms. The second-order valence-corrected chi connectivity index (χ2v) is 6.35. The van der Waals surface area contributed by atoms with Crippen molar-refractivity contribution in [3.05, 3.63) is 5.92 Å². The molecule has 0 aliphatic heterocycles. The third-order valence-corrected chi connectivity index (χ3v) is 3.93. The van der Waals surface area contributed by atoms with Crippen molar-refractivity contribution in [1.29, 1.82) is 0 Å². The lowest BCUT2D eigenvalue weighted by Gasteiger charge is -2.20. The van der Waals surface area contributed by atoms with Crippen molar-refractivity contribution in [2.75, 3.05) is 13.2 Å². The van der Waals surface area contributed by atoms with Crippen LogP contribution in [0, 0.1) is 11.8 Å². The van der Waals surface area contributed by atoms with E-state index in [-0.39, 0.29) is 11.9 Å². The minimum Gasteiger partial charge on any atom is -0.466 e. The molecular formula is C19H35O4. The molecule has 0 saturated heterocycles. The standard InChI is InChI=1S/C19H35O4/c1-5-7-15-23-19(21)13-12-17(16(3)4)10-8-9-11-18(20)22-14-6-2/h17H,5-15H2,1-4H3. The first-order chi connectivity index (χ1) is 11.0. The largest absolute Gasteiger partial charge is 0.466 e. The maximum absolute atomic E-state index is 11.7. The van der Waals surface area contributed by atoms with Gasteiger partial charge in [0.1, 0.15) is 0 Å². The van der Waals surface area contributed by atoms with Crippen LogP contribution >= 0.6 is 0 Å². The predicted octanol–water partition coefficient (Wildman–Crippen LogP) is 4.85. The fraction of sp³-hybridized carbons (Fsp3) is 0.842. The molecule has 0 aromatic rings. The van der Waals surface area contributed by atoms with Gasteiger partial charge in [-0.3, -0.25) is 9.59 Å². The highest BCUT2D eigenvalue weighted by molar-refractivity contribution is 5.69. The molecule has 1 radical (unpaired) electrons. The van der Waals surface area contributed by atoms with Gasteiger partial charge in [0, 0.05) is 12.8 Å². The van der Waals surface area contributed by atoms with E-state index in [9.17, 15) is 9.59 Å². The van der Waals surface area contributed by atoms with Gasteiger partial charge in [0.2, 0.25) is 0 Å². The van der Waals surface area contributed by atoms with Crippen molar-refractivity contribution < 1.29 is 19.1 Å². The lowest BCUT2D eigenvalue weighted by atomic mass is 9.86. The second-order valence-electron chi connectivity index (χ2n) is 6.35. The van der Waals surface area contributed by atoms with E-state index < -0.39 is 0 Å². The monoisotopic (exact) mass is 327 g/mol. The van der Waals surface area contributed by atoms with Crippen LogP contribution in [0.3, 0.4) is 0 Å². The first kappa shape index (κ1) is 21.9. The Balaban J connectivity index is 3.85. The quantitative estimate of drug-likeness (QED) is 0.338. The summed E-state index contributed by atoms with van der Waals surface area (Å²) < 4.78 is 10.3. The maximum Gasteiger partial charge on any atom is 0.305 e. The first-order valence-electron chi connectivity index (χ1n) is 9.12. The molecular weight excluding hydrogens is 292 g/mol. The summed E-state index contributed by atoms with van der Waals surface area (Å²) in [6.07, 6.45) is 7.52. The Labute approximate surface area is 142 Å². The molecule has 0 aliphatic carbocycles. The highest BCUT2D eigenvalue weighted by Crippen LogP contribution is 2.25. The highest BCUT2D eigenvalue weighted by atomic mass is 16.5. The molecule has 4 nitrogen and oxygen atoms in total. The number of esters is 2. The van der Waals surface area contributed by atoms with Gasteiger partial charge >= 0.3 is 11.9 Å². The van der Waals surface area contributed by atoms with E-state index in [1.807, 2.05) is 6.92 Å². The van der Waals surface area contributed by atoms with Crippen LogP contribution in [0.25, 0.3) is 0 Å². The lowest BCUT2D eigenvalue weighted by molar-refractivity contribution is -0.144. The number of hydrogen-bond donors (Lipinski definition) is 0. The molecule has 0 rings (SSSR count). The number of carbonyl (C=O) groups excluding carboxylic acids is 2. The maximum atomic E-state index is 11.7. The summed E-state index contributed by atoms with van der Waals surface area (Å²) in [5.41, 5.74) is 0. The van der Waals surface area contributed by atoms with Crippen LogP contribution in [-0.2, 0) is 19.1 Å². The molecule has 0 aromatic heterocycles. The van der Waals surface area contributed by atoms with Gasteiger partial charge in [-0.05, 0) is 43.9 Å². The van der Waals surface area contributed by atoms with Crippen LogP contribution in [0.2, 0.25) is 0 Å². The summed E-state index contributed by atoms with van der Waals surface area (Å²) in [6, 6.07) is 0. The van der Waals surface area contributed by atoms with Crippen LogP contribution in [-0.4, -0.2) is 25.2 Å². The molecule has 0 fully saturated rings. The number of unbranched alkanes of at least 4 members (excludes halogenated alkanes) is 2. The van der Waals surface area contributed by atoms with E-state index in [0.29, 0.717) is 32.0 Å². The van der Waals surface area contributed by atoms with Crippen LogP contribution in [0.5, 0.6) is 0 Å². The lowest BCUT2D eigenvalue weighted by Crippen LogP contribution is -2.12. The molecule has 0 aliphatic rings. The van der Waals surface area contributed by atoms with E-state index in [1.54, 1.807) is 0 Å². The average Bonchev–Trinajstić information content (AvgIpc) is 2.51. The van der Waals surface area contributed by atoms with Crippen LogP contribution in [0.4, 0.5) is 0 Å². The van der Waals surface area contributed by atoms with Gasteiger partial charge < -0.3 is 9.47 Å². The smallest absolute Gasteiger partial charge is 0.305 e. The number of rotatable bonds is 14. The SMILES string of the molecule is CCCCOC(=O)CCC(CCCCC(=O)OCCC)[C](C)C. The number of hydrogen-bond acceptors (Lipinski definition) is 4. The topological polar surface area (TPSA) is 52.6 Å². The Morgan fingerprint density at radius 3 is 2.04 bits per heavy atom. The summed E-state index contributed by atoms with van der Waals surface area (Å²) in [4.78, 5) is 23.1. The zero-order valence-electron chi connectivity index (χ0n) is 15.5. The predicted molar refractivity (Wildman–Crippen MR) is 92.9 cm³/mol. The molecule has 0 heterocycles. The van der Waals surface area contributed by atoms with Gasteiger partial charge in [0.15, 0.2) is 0 Å². The molecule has 0 N–H and O–H groups in total. The minimum atomic E-state index is -0.0971. The molecule has 23 heavy (non-hydrogen) atoms. The van der Waals surface area contributed by atoms with Gasteiger partial charge in [-0.15, -0.1) is 0 Å². The summed E-state index contributed by atoms with van der Waals surface area (Å²) in [5.74, 6) is 1.59. The van der Waals surface area contributed by atoms with Crippen molar-refractivity contribution in [3.8, 4) is 0 Å². The zero-order valence-corrected chi connectivity index (χ0v) is 15.5. The van der Waals surface area contributed by atoms with Gasteiger partial charge in [-0.25, -0.2) is 0 Å². The Hall–Kier alpha value is -1.06. The molecule has 0 spiro atoms. The fourth-order valence-electron chi connectivity index (χ4n) is 2.36. The Morgan fingerprint density at radius 2 is 1.43 bits per heavy atom. The number of carbonyl (C=O) groups is 2. The van der Waals surface area contributed by atoms with Crippen molar-refractivity contribution in [3.63, 3.8) is 0 Å². The highest BCUT2D eigenvalue weighted by Gasteiger charge is 2.16. The molecule has 0 aromatic carbocycles. The van der Waals surface area contributed by atoms with Crippen molar-refractivity contribution in [1.82, 2.24) is 0 Å². The molecule has 0 saturated carbocycles. The van der Waals surface area contributed by atoms with E-state index in [4.69, 9.17) is 9.47 Å². The summed E-state index contributed by atoms with van der Waals surface area (Å²) in [5, 5.41) is 0.